The highest BCUT2D eigenvalue weighted by atomic mass is 17.2. The maximum absolute atomic E-state index is 13.3. The monoisotopic (exact) mass is 1030 g/mol. The number of rotatable bonds is 46. The lowest BCUT2D eigenvalue weighted by atomic mass is 9.95. The van der Waals surface area contributed by atoms with Gasteiger partial charge in [-0.25, -0.2) is 19.4 Å². The second-order valence-electron chi connectivity index (χ2n) is 18.7. The molecule has 0 radical (unpaired) electrons. The molecular weight excluding hydrogens is 941 g/mol. The van der Waals surface area contributed by atoms with Crippen LogP contribution in [0.1, 0.15) is 193 Å². The first-order valence-corrected chi connectivity index (χ1v) is 28.3. The molecule has 0 aromatic heterocycles. The summed E-state index contributed by atoms with van der Waals surface area (Å²) >= 11 is 0. The van der Waals surface area contributed by atoms with E-state index in [1.807, 2.05) is 24.3 Å². The summed E-state index contributed by atoms with van der Waals surface area (Å²) in [5.41, 5.74) is 1.41. The van der Waals surface area contributed by atoms with Gasteiger partial charge in [0.2, 0.25) is 11.5 Å². The van der Waals surface area contributed by atoms with Gasteiger partial charge in [-0.3, -0.25) is 0 Å². The summed E-state index contributed by atoms with van der Waals surface area (Å²) in [6.45, 7) is 20.4. The average molecular weight is 1040 g/mol. The van der Waals surface area contributed by atoms with Crippen LogP contribution in [0.5, 0.6) is 34.5 Å². The van der Waals surface area contributed by atoms with Gasteiger partial charge in [0.05, 0.1) is 59.1 Å². The maximum atomic E-state index is 13.3. The summed E-state index contributed by atoms with van der Waals surface area (Å²) in [6, 6.07) is 7.55. The molecule has 416 valence electrons. The van der Waals surface area contributed by atoms with E-state index in [1.54, 1.807) is 18.2 Å². The number of hydrogen-bond donors (Lipinski definition) is 0. The summed E-state index contributed by atoms with van der Waals surface area (Å²) in [6.07, 6.45) is 31.2. The molecule has 13 nitrogen and oxygen atoms in total. The van der Waals surface area contributed by atoms with Crippen LogP contribution in [0.2, 0.25) is 0 Å². The van der Waals surface area contributed by atoms with Crippen LogP contribution in [0.15, 0.2) is 61.9 Å². The molecule has 1 saturated carbocycles. The van der Waals surface area contributed by atoms with E-state index in [0.29, 0.717) is 131 Å². The Morgan fingerprint density at radius 1 is 0.446 bits per heavy atom. The van der Waals surface area contributed by atoms with Gasteiger partial charge in [-0.15, -0.1) is 6.58 Å². The van der Waals surface area contributed by atoms with Gasteiger partial charge in [-0.2, -0.15) is 0 Å². The largest absolute Gasteiger partial charge is 0.502 e. The molecule has 0 amide bonds. The third-order valence-electron chi connectivity index (χ3n) is 12.4. The minimum Gasteiger partial charge on any atom is -0.502 e. The number of carbonyl (C=O) groups is 2. The Hall–Kier alpha value is -5.14. The zero-order valence-electron chi connectivity index (χ0n) is 46.0. The third kappa shape index (κ3) is 27.4. The molecule has 1 fully saturated rings. The van der Waals surface area contributed by atoms with Crippen LogP contribution in [0.25, 0.3) is 12.2 Å². The number of carbonyl (C=O) groups excluding carboxylic acids is 2. The lowest BCUT2D eigenvalue weighted by Crippen LogP contribution is -2.29. The van der Waals surface area contributed by atoms with Crippen molar-refractivity contribution >= 4 is 24.1 Å². The molecule has 0 N–H and O–H groups in total. The van der Waals surface area contributed by atoms with Crippen LogP contribution in [-0.2, 0) is 33.6 Å². The molecule has 0 atom stereocenters. The molecule has 2 aromatic rings. The van der Waals surface area contributed by atoms with E-state index in [1.165, 1.54) is 18.4 Å². The highest BCUT2D eigenvalue weighted by molar-refractivity contribution is 5.89. The summed E-state index contributed by atoms with van der Waals surface area (Å²) in [5.74, 6) is 2.52. The van der Waals surface area contributed by atoms with Crippen LogP contribution < -0.4 is 28.4 Å². The van der Waals surface area contributed by atoms with Crippen molar-refractivity contribution in [1.82, 2.24) is 0 Å². The van der Waals surface area contributed by atoms with E-state index >= 15 is 0 Å². The van der Waals surface area contributed by atoms with E-state index in [4.69, 9.17) is 52.4 Å². The quantitative estimate of drug-likeness (QED) is 0.0118. The Morgan fingerprint density at radius 3 is 1.20 bits per heavy atom. The zero-order chi connectivity index (χ0) is 53.1. The first-order chi connectivity index (χ1) is 36.4. The van der Waals surface area contributed by atoms with Gasteiger partial charge >= 0.3 is 11.9 Å². The SMILES string of the molecule is C=CCOOCCCCOc1ccc(/C=C/C(=O)OC2CCC(OC(=O)/C=C/c3ccc(OCCCCOC=C)c(OCCCCCC)c3OCCCCCC)CC2)c(OCCCCCC)c1OCCCCCC. The Kier molecular flexibility index (Phi) is 36.0. The van der Waals surface area contributed by atoms with Gasteiger partial charge in [-0.05, 0) is 113 Å². The number of hydrogen-bond acceptors (Lipinski definition) is 13. The first kappa shape index (κ1) is 63.2. The standard InChI is InChI=1S/C61H94O13/c1-7-13-17-21-45-67-58-50(29-37-54(65-43-26-25-42-64-12-6)60(58)69-47-23-19-15-9-3)31-39-56(62)73-52-33-35-53(36-34-52)74-57(63)40-32-51-30-38-55(66-44-27-28-49-72-71-41-11-5)61(70-48-24-20-16-10-4)59(51)68-46-22-18-14-8-2/h11-12,29-32,37-40,52-53H,5-10,13-28,33-36,41-49H2,1-4H3/b39-31+,40-32+. The fourth-order valence-electron chi connectivity index (χ4n) is 8.14. The minimum absolute atomic E-state index is 0.301. The van der Waals surface area contributed by atoms with Crippen molar-refractivity contribution in [3.63, 3.8) is 0 Å². The molecule has 2 aromatic carbocycles. The van der Waals surface area contributed by atoms with E-state index in [-0.39, 0.29) is 12.2 Å². The molecule has 1 aliphatic carbocycles. The molecule has 74 heavy (non-hydrogen) atoms. The van der Waals surface area contributed by atoms with Crippen molar-refractivity contribution in [2.24, 2.45) is 0 Å². The van der Waals surface area contributed by atoms with Gasteiger partial charge in [0.25, 0.3) is 0 Å². The van der Waals surface area contributed by atoms with Gasteiger partial charge < -0.3 is 42.6 Å². The molecule has 1 aliphatic rings. The predicted octanol–water partition coefficient (Wildman–Crippen LogP) is 15.3. The van der Waals surface area contributed by atoms with Crippen molar-refractivity contribution in [2.75, 3.05) is 59.5 Å². The Balaban J connectivity index is 1.68. The number of unbranched alkanes of at least 4 members (excludes halogenated alkanes) is 14. The van der Waals surface area contributed by atoms with E-state index in [9.17, 15) is 9.59 Å². The molecule has 0 bridgehead atoms. The zero-order valence-corrected chi connectivity index (χ0v) is 46.0. The Labute approximate surface area is 445 Å². The van der Waals surface area contributed by atoms with Crippen molar-refractivity contribution in [1.29, 1.82) is 0 Å². The van der Waals surface area contributed by atoms with Crippen LogP contribution in [0, 0.1) is 0 Å². The highest BCUT2D eigenvalue weighted by Gasteiger charge is 2.26. The van der Waals surface area contributed by atoms with E-state index in [0.717, 1.165) is 128 Å². The normalized spacial score (nSPS) is 14.4. The topological polar surface area (TPSA) is 136 Å². The van der Waals surface area contributed by atoms with Crippen LogP contribution in [0.4, 0.5) is 0 Å². The molecule has 0 aliphatic heterocycles. The Morgan fingerprint density at radius 2 is 0.811 bits per heavy atom. The van der Waals surface area contributed by atoms with Crippen molar-refractivity contribution in [3.8, 4) is 34.5 Å². The molecule has 0 spiro atoms. The van der Waals surface area contributed by atoms with Crippen molar-refractivity contribution in [3.05, 3.63) is 73.0 Å². The Bertz CT molecular complexity index is 1870. The first-order valence-electron chi connectivity index (χ1n) is 28.3. The molecule has 0 heterocycles. The summed E-state index contributed by atoms with van der Waals surface area (Å²) < 4.78 is 55.4. The van der Waals surface area contributed by atoms with E-state index < -0.39 is 11.9 Å². The molecular formula is C61H94O13. The van der Waals surface area contributed by atoms with Gasteiger partial charge in [0.15, 0.2) is 23.0 Å². The number of benzene rings is 2. The molecule has 0 saturated heterocycles. The average Bonchev–Trinajstić information content (AvgIpc) is 3.40. The maximum Gasteiger partial charge on any atom is 0.331 e. The number of esters is 2. The second-order valence-corrected chi connectivity index (χ2v) is 18.7. The fraction of sp³-hybridized carbons (Fsp3) is 0.639. The van der Waals surface area contributed by atoms with Crippen LogP contribution in [0.3, 0.4) is 0 Å². The van der Waals surface area contributed by atoms with Gasteiger partial charge in [-0.1, -0.05) is 117 Å². The molecule has 13 heteroatoms. The summed E-state index contributed by atoms with van der Waals surface area (Å²) in [5, 5.41) is 0. The molecule has 3 rings (SSSR count). The predicted molar refractivity (Wildman–Crippen MR) is 295 cm³/mol. The molecule has 0 unspecified atom stereocenters. The van der Waals surface area contributed by atoms with Crippen molar-refractivity contribution < 1.29 is 62.0 Å². The van der Waals surface area contributed by atoms with Gasteiger partial charge in [0.1, 0.15) is 18.8 Å². The lowest BCUT2D eigenvalue weighted by molar-refractivity contribution is -0.286. The highest BCUT2D eigenvalue weighted by Crippen LogP contribution is 2.43. The second kappa shape index (κ2) is 42.1. The van der Waals surface area contributed by atoms with Crippen LogP contribution >= 0.6 is 0 Å². The van der Waals surface area contributed by atoms with Crippen LogP contribution in [-0.4, -0.2) is 83.6 Å². The minimum atomic E-state index is -0.453. The fourth-order valence-corrected chi connectivity index (χ4v) is 8.14. The lowest BCUT2D eigenvalue weighted by Gasteiger charge is -2.27. The smallest absolute Gasteiger partial charge is 0.331 e. The third-order valence-corrected chi connectivity index (χ3v) is 12.4. The van der Waals surface area contributed by atoms with E-state index in [2.05, 4.69) is 40.9 Å². The summed E-state index contributed by atoms with van der Waals surface area (Å²) in [4.78, 5) is 36.9. The van der Waals surface area contributed by atoms with Crippen molar-refractivity contribution in [2.45, 2.75) is 194 Å². The number of ether oxygens (including phenoxy) is 9. The summed E-state index contributed by atoms with van der Waals surface area (Å²) in [7, 11) is 0. The van der Waals surface area contributed by atoms with Gasteiger partial charge in [0, 0.05) is 23.3 Å².